The number of benzene rings is 3. The van der Waals surface area contributed by atoms with Crippen molar-refractivity contribution >= 4 is 28.5 Å². The van der Waals surface area contributed by atoms with Crippen LogP contribution in [0.5, 0.6) is 5.75 Å². The molecule has 0 spiro atoms. The van der Waals surface area contributed by atoms with E-state index in [1.165, 1.54) is 12.1 Å². The molecule has 0 aliphatic heterocycles. The van der Waals surface area contributed by atoms with Crippen molar-refractivity contribution in [3.8, 4) is 17.1 Å². The molecule has 156 valence electrons. The average Bonchev–Trinajstić information content (AvgIpc) is 2.75. The molecular formula is C25H19ClO5. The van der Waals surface area contributed by atoms with Crippen molar-refractivity contribution in [3.63, 3.8) is 0 Å². The van der Waals surface area contributed by atoms with Gasteiger partial charge in [0.15, 0.2) is 5.76 Å². The van der Waals surface area contributed by atoms with E-state index in [0.717, 1.165) is 11.1 Å². The Morgan fingerprint density at radius 3 is 2.52 bits per heavy atom. The molecule has 0 aliphatic rings. The van der Waals surface area contributed by atoms with E-state index in [4.69, 9.17) is 20.8 Å². The number of carboxylic acids is 1. The molecule has 0 radical (unpaired) electrons. The van der Waals surface area contributed by atoms with Crippen LogP contribution >= 0.6 is 11.6 Å². The van der Waals surface area contributed by atoms with Crippen LogP contribution in [0.4, 0.5) is 0 Å². The summed E-state index contributed by atoms with van der Waals surface area (Å²) >= 11 is 6.38. The van der Waals surface area contributed by atoms with Crippen LogP contribution in [0.15, 0.2) is 69.9 Å². The fraction of sp³-hybridized carbons (Fsp3) is 0.120. The molecule has 0 saturated carbocycles. The summed E-state index contributed by atoms with van der Waals surface area (Å²) in [5.41, 5.74) is 3.39. The molecule has 4 aromatic rings. The van der Waals surface area contributed by atoms with Crippen molar-refractivity contribution in [1.29, 1.82) is 0 Å². The first-order chi connectivity index (χ1) is 14.8. The van der Waals surface area contributed by atoms with Crippen LogP contribution in [0, 0.1) is 13.8 Å². The Balaban J connectivity index is 1.87. The van der Waals surface area contributed by atoms with Gasteiger partial charge in [-0.05, 0) is 66.9 Å². The highest BCUT2D eigenvalue weighted by atomic mass is 35.5. The van der Waals surface area contributed by atoms with Crippen molar-refractivity contribution in [2.75, 3.05) is 0 Å². The van der Waals surface area contributed by atoms with Gasteiger partial charge >= 0.3 is 5.97 Å². The number of ether oxygens (including phenoxy) is 1. The summed E-state index contributed by atoms with van der Waals surface area (Å²) in [5.74, 6) is -0.764. The lowest BCUT2D eigenvalue weighted by molar-refractivity contribution is 0.0696. The Kier molecular flexibility index (Phi) is 5.53. The quantitative estimate of drug-likeness (QED) is 0.416. The second kappa shape index (κ2) is 8.28. The second-order valence-corrected chi connectivity index (χ2v) is 7.70. The van der Waals surface area contributed by atoms with Gasteiger partial charge in [0.05, 0.1) is 16.0 Å². The van der Waals surface area contributed by atoms with Crippen molar-refractivity contribution in [1.82, 2.24) is 0 Å². The molecule has 31 heavy (non-hydrogen) atoms. The average molecular weight is 435 g/mol. The van der Waals surface area contributed by atoms with Crippen LogP contribution in [-0.2, 0) is 6.61 Å². The van der Waals surface area contributed by atoms with Gasteiger partial charge in [0, 0.05) is 5.56 Å². The van der Waals surface area contributed by atoms with Gasteiger partial charge in [-0.15, -0.1) is 0 Å². The maximum absolute atomic E-state index is 13.4. The summed E-state index contributed by atoms with van der Waals surface area (Å²) in [5, 5.41) is 10.0. The Morgan fingerprint density at radius 2 is 1.77 bits per heavy atom. The van der Waals surface area contributed by atoms with Gasteiger partial charge in [-0.1, -0.05) is 35.9 Å². The number of fused-ring (bicyclic) bond motifs is 1. The zero-order chi connectivity index (χ0) is 22.1. The minimum Gasteiger partial charge on any atom is -0.481 e. The molecule has 0 bridgehead atoms. The number of aromatic carboxylic acids is 1. The zero-order valence-corrected chi connectivity index (χ0v) is 17.7. The summed E-state index contributed by atoms with van der Waals surface area (Å²) in [6, 6.07) is 17.0. The third-order valence-electron chi connectivity index (χ3n) is 5.14. The Hall–Kier alpha value is -3.57. The van der Waals surface area contributed by atoms with E-state index in [1.54, 1.807) is 42.5 Å². The van der Waals surface area contributed by atoms with E-state index in [0.29, 0.717) is 27.1 Å². The van der Waals surface area contributed by atoms with Crippen LogP contribution in [0.25, 0.3) is 22.3 Å². The van der Waals surface area contributed by atoms with Gasteiger partial charge in [-0.2, -0.15) is 0 Å². The molecule has 0 aliphatic carbocycles. The molecule has 3 aromatic carbocycles. The zero-order valence-electron chi connectivity index (χ0n) is 16.9. The molecule has 0 unspecified atom stereocenters. The summed E-state index contributed by atoms with van der Waals surface area (Å²) < 4.78 is 12.0. The molecule has 0 fully saturated rings. The standard InChI is InChI=1S/C25H19ClO5/c1-14-10-19-21(11-15(14)2)31-23(18-8-3-4-9-20(18)26)24(22(19)27)30-13-16-6-5-7-17(12-16)25(28)29/h3-12H,13H2,1-2H3,(H,28,29). The van der Waals surface area contributed by atoms with Gasteiger partial charge < -0.3 is 14.3 Å². The predicted octanol–water partition coefficient (Wildman–Crippen LogP) is 6.01. The number of hydrogen-bond donors (Lipinski definition) is 1. The third-order valence-corrected chi connectivity index (χ3v) is 5.47. The highest BCUT2D eigenvalue weighted by Crippen LogP contribution is 2.36. The van der Waals surface area contributed by atoms with E-state index in [-0.39, 0.29) is 29.1 Å². The van der Waals surface area contributed by atoms with Crippen molar-refractivity contribution in [2.24, 2.45) is 0 Å². The van der Waals surface area contributed by atoms with Crippen LogP contribution < -0.4 is 10.2 Å². The lowest BCUT2D eigenvalue weighted by Gasteiger charge is -2.14. The molecule has 4 rings (SSSR count). The van der Waals surface area contributed by atoms with Gasteiger partial charge in [0.1, 0.15) is 12.2 Å². The molecule has 1 N–H and O–H groups in total. The SMILES string of the molecule is Cc1cc2oc(-c3ccccc3Cl)c(OCc3cccc(C(=O)O)c3)c(=O)c2cc1C. The first-order valence-electron chi connectivity index (χ1n) is 9.63. The molecule has 0 amide bonds. The third kappa shape index (κ3) is 4.05. The minimum atomic E-state index is -1.03. The van der Waals surface area contributed by atoms with Gasteiger partial charge in [-0.25, -0.2) is 4.79 Å². The summed E-state index contributed by atoms with van der Waals surface area (Å²) in [6.45, 7) is 3.87. The first-order valence-corrected chi connectivity index (χ1v) is 10.0. The number of halogens is 1. The summed E-state index contributed by atoms with van der Waals surface area (Å²) in [6.07, 6.45) is 0. The largest absolute Gasteiger partial charge is 0.481 e. The number of carbonyl (C=O) groups is 1. The molecular weight excluding hydrogens is 416 g/mol. The maximum Gasteiger partial charge on any atom is 0.335 e. The molecule has 1 heterocycles. The van der Waals surface area contributed by atoms with E-state index >= 15 is 0 Å². The van der Waals surface area contributed by atoms with Gasteiger partial charge in [-0.3, -0.25) is 4.79 Å². The van der Waals surface area contributed by atoms with E-state index < -0.39 is 5.97 Å². The fourth-order valence-corrected chi connectivity index (χ4v) is 3.56. The van der Waals surface area contributed by atoms with Crippen LogP contribution in [0.2, 0.25) is 5.02 Å². The lowest BCUT2D eigenvalue weighted by atomic mass is 10.0. The lowest BCUT2D eigenvalue weighted by Crippen LogP contribution is -2.11. The highest BCUT2D eigenvalue weighted by molar-refractivity contribution is 6.33. The predicted molar refractivity (Wildman–Crippen MR) is 120 cm³/mol. The number of hydrogen-bond acceptors (Lipinski definition) is 4. The number of rotatable bonds is 5. The first kappa shape index (κ1) is 20.7. The minimum absolute atomic E-state index is 0.000315. The second-order valence-electron chi connectivity index (χ2n) is 7.30. The Labute approximate surface area is 183 Å². The Morgan fingerprint density at radius 1 is 1.03 bits per heavy atom. The smallest absolute Gasteiger partial charge is 0.335 e. The summed E-state index contributed by atoms with van der Waals surface area (Å²) in [4.78, 5) is 24.6. The Bertz CT molecular complexity index is 1370. The van der Waals surface area contributed by atoms with Crippen molar-refractivity contribution in [3.05, 3.63) is 98.2 Å². The molecule has 6 heteroatoms. The van der Waals surface area contributed by atoms with Crippen molar-refractivity contribution in [2.45, 2.75) is 20.5 Å². The van der Waals surface area contributed by atoms with Crippen LogP contribution in [0.1, 0.15) is 27.0 Å². The topological polar surface area (TPSA) is 76.7 Å². The van der Waals surface area contributed by atoms with Crippen LogP contribution in [-0.4, -0.2) is 11.1 Å². The van der Waals surface area contributed by atoms with Gasteiger partial charge in [0.2, 0.25) is 11.2 Å². The molecule has 0 atom stereocenters. The van der Waals surface area contributed by atoms with Gasteiger partial charge in [0.25, 0.3) is 0 Å². The maximum atomic E-state index is 13.4. The van der Waals surface area contributed by atoms with E-state index in [2.05, 4.69) is 0 Å². The number of carboxylic acid groups (broad SMARTS) is 1. The fourth-order valence-electron chi connectivity index (χ4n) is 3.34. The number of aryl methyl sites for hydroxylation is 2. The van der Waals surface area contributed by atoms with E-state index in [9.17, 15) is 14.7 Å². The highest BCUT2D eigenvalue weighted by Gasteiger charge is 2.20. The molecule has 0 saturated heterocycles. The van der Waals surface area contributed by atoms with Crippen molar-refractivity contribution < 1.29 is 19.1 Å². The monoisotopic (exact) mass is 434 g/mol. The normalized spacial score (nSPS) is 10.9. The summed E-state index contributed by atoms with van der Waals surface area (Å²) in [7, 11) is 0. The molecule has 1 aromatic heterocycles. The molecule has 5 nitrogen and oxygen atoms in total. The van der Waals surface area contributed by atoms with E-state index in [1.807, 2.05) is 19.9 Å². The van der Waals surface area contributed by atoms with Crippen LogP contribution in [0.3, 0.4) is 0 Å².